The molecule has 2 heterocycles. The third-order valence-electron chi connectivity index (χ3n) is 3.81. The first kappa shape index (κ1) is 12.7. The Bertz CT molecular complexity index is 720. The van der Waals surface area contributed by atoms with Gasteiger partial charge in [0.1, 0.15) is 0 Å². The number of rotatable bonds is 3. The minimum atomic E-state index is 0.964. The van der Waals surface area contributed by atoms with Crippen LogP contribution >= 0.6 is 0 Å². The predicted octanol–water partition coefficient (Wildman–Crippen LogP) is 3.75. The van der Waals surface area contributed by atoms with Crippen molar-refractivity contribution in [1.82, 2.24) is 14.1 Å². The number of benzene rings is 1. The number of imidazole rings is 1. The highest BCUT2D eigenvalue weighted by Gasteiger charge is 2.15. The Kier molecular flexibility index (Phi) is 3.18. The lowest BCUT2D eigenvalue weighted by Crippen LogP contribution is -2.04. The number of hydrogen-bond donors (Lipinski definition) is 0. The zero-order valence-electron chi connectivity index (χ0n) is 12.2. The summed E-state index contributed by atoms with van der Waals surface area (Å²) in [5, 5.41) is 0. The van der Waals surface area contributed by atoms with Crippen molar-refractivity contribution in [3.05, 3.63) is 60.0 Å². The van der Waals surface area contributed by atoms with E-state index >= 15 is 0 Å². The van der Waals surface area contributed by atoms with E-state index in [4.69, 9.17) is 0 Å². The van der Waals surface area contributed by atoms with Crippen LogP contribution in [0.3, 0.4) is 0 Å². The van der Waals surface area contributed by atoms with Crippen LogP contribution in [0.4, 0.5) is 0 Å². The zero-order valence-corrected chi connectivity index (χ0v) is 12.2. The molecule has 3 nitrogen and oxygen atoms in total. The van der Waals surface area contributed by atoms with Crippen LogP contribution in [-0.4, -0.2) is 14.1 Å². The Balaban J connectivity index is 2.23. The summed E-state index contributed by atoms with van der Waals surface area (Å²) in [6.07, 6.45) is 2.94. The lowest BCUT2D eigenvalue weighted by molar-refractivity contribution is 0.864. The molecule has 0 saturated heterocycles. The zero-order chi connectivity index (χ0) is 14.1. The van der Waals surface area contributed by atoms with E-state index in [0.29, 0.717) is 0 Å². The average Bonchev–Trinajstić information content (AvgIpc) is 3.04. The summed E-state index contributed by atoms with van der Waals surface area (Å²) in [6, 6.07) is 14.7. The maximum Gasteiger partial charge on any atom is 0.161 e. The van der Waals surface area contributed by atoms with Crippen LogP contribution in [0.25, 0.3) is 17.2 Å². The third-order valence-corrected chi connectivity index (χ3v) is 3.81. The van der Waals surface area contributed by atoms with Gasteiger partial charge in [-0.25, -0.2) is 4.98 Å². The van der Waals surface area contributed by atoms with E-state index < -0.39 is 0 Å². The van der Waals surface area contributed by atoms with Crippen molar-refractivity contribution in [3.63, 3.8) is 0 Å². The second-order valence-electron chi connectivity index (χ2n) is 5.02. The molecule has 2 aromatic heterocycles. The van der Waals surface area contributed by atoms with Crippen molar-refractivity contribution in [1.29, 1.82) is 0 Å². The van der Waals surface area contributed by atoms with Crippen LogP contribution < -0.4 is 0 Å². The molecule has 3 rings (SSSR count). The lowest BCUT2D eigenvalue weighted by Gasteiger charge is -2.12. The molecule has 0 bridgehead atoms. The minimum Gasteiger partial charge on any atom is -0.345 e. The van der Waals surface area contributed by atoms with E-state index in [1.54, 1.807) is 0 Å². The summed E-state index contributed by atoms with van der Waals surface area (Å²) < 4.78 is 4.43. The van der Waals surface area contributed by atoms with Gasteiger partial charge in [0, 0.05) is 30.3 Å². The number of nitrogens with zero attached hydrogens (tertiary/aromatic N) is 3. The van der Waals surface area contributed by atoms with Crippen LogP contribution in [-0.2, 0) is 13.5 Å². The van der Waals surface area contributed by atoms with Crippen LogP contribution in [0, 0.1) is 6.92 Å². The van der Waals surface area contributed by atoms with E-state index in [1.807, 2.05) is 12.3 Å². The maximum atomic E-state index is 4.65. The molecule has 0 amide bonds. The van der Waals surface area contributed by atoms with Gasteiger partial charge in [-0.15, -0.1) is 0 Å². The second kappa shape index (κ2) is 5.00. The van der Waals surface area contributed by atoms with Gasteiger partial charge in [-0.1, -0.05) is 25.1 Å². The first-order chi connectivity index (χ1) is 9.72. The van der Waals surface area contributed by atoms with E-state index in [2.05, 4.69) is 71.4 Å². The Hall–Kier alpha value is -2.29. The van der Waals surface area contributed by atoms with Gasteiger partial charge in [0.25, 0.3) is 0 Å². The van der Waals surface area contributed by atoms with Gasteiger partial charge >= 0.3 is 0 Å². The van der Waals surface area contributed by atoms with Crippen LogP contribution in [0.5, 0.6) is 0 Å². The van der Waals surface area contributed by atoms with Gasteiger partial charge < -0.3 is 4.57 Å². The number of aromatic nitrogens is 3. The molecule has 0 unspecified atom stereocenters. The fourth-order valence-electron chi connectivity index (χ4n) is 2.52. The van der Waals surface area contributed by atoms with Crippen molar-refractivity contribution in [2.24, 2.45) is 7.05 Å². The second-order valence-corrected chi connectivity index (χ2v) is 5.02. The van der Waals surface area contributed by atoms with Crippen molar-refractivity contribution in [3.8, 4) is 17.2 Å². The number of para-hydroxylation sites is 1. The summed E-state index contributed by atoms with van der Waals surface area (Å²) in [5.74, 6) is 1.00. The molecule has 0 aliphatic rings. The quantitative estimate of drug-likeness (QED) is 0.707. The molecule has 0 aliphatic carbocycles. The highest BCUT2D eigenvalue weighted by atomic mass is 15.1. The molecule has 0 atom stereocenters. The van der Waals surface area contributed by atoms with Gasteiger partial charge in [-0.2, -0.15) is 0 Å². The molecule has 0 saturated carbocycles. The first-order valence-electron chi connectivity index (χ1n) is 6.97. The van der Waals surface area contributed by atoms with E-state index in [-0.39, 0.29) is 0 Å². The summed E-state index contributed by atoms with van der Waals surface area (Å²) in [4.78, 5) is 4.65. The Morgan fingerprint density at radius 3 is 2.40 bits per heavy atom. The molecule has 3 aromatic rings. The van der Waals surface area contributed by atoms with Crippen LogP contribution in [0.1, 0.15) is 18.3 Å². The fourth-order valence-corrected chi connectivity index (χ4v) is 2.52. The normalized spacial score (nSPS) is 10.9. The maximum absolute atomic E-state index is 4.65. The molecule has 1 aromatic carbocycles. The van der Waals surface area contributed by atoms with Crippen molar-refractivity contribution >= 4 is 0 Å². The standard InChI is InChI=1S/C17H19N3/c1-4-14-12-18-17(16-11-10-13(2)19(16)3)20(14)15-8-6-5-7-9-15/h5-12H,4H2,1-3H3. The van der Waals surface area contributed by atoms with Gasteiger partial charge in [0.05, 0.1) is 5.69 Å². The van der Waals surface area contributed by atoms with Crippen molar-refractivity contribution < 1.29 is 0 Å². The Morgan fingerprint density at radius 2 is 1.80 bits per heavy atom. The number of hydrogen-bond acceptors (Lipinski definition) is 1. The molecule has 0 spiro atoms. The highest BCUT2D eigenvalue weighted by Crippen LogP contribution is 2.25. The molecule has 3 heteroatoms. The fraction of sp³-hybridized carbons (Fsp3) is 0.235. The highest BCUT2D eigenvalue weighted by molar-refractivity contribution is 5.57. The van der Waals surface area contributed by atoms with E-state index in [1.165, 1.54) is 11.4 Å². The summed E-state index contributed by atoms with van der Waals surface area (Å²) in [5.41, 5.74) is 4.77. The molecule has 0 fully saturated rings. The molecule has 0 N–H and O–H groups in total. The summed E-state index contributed by atoms with van der Waals surface area (Å²) in [6.45, 7) is 4.27. The molecule has 102 valence electrons. The predicted molar refractivity (Wildman–Crippen MR) is 82.1 cm³/mol. The molecule has 0 radical (unpaired) electrons. The van der Waals surface area contributed by atoms with Gasteiger partial charge in [0.2, 0.25) is 0 Å². The largest absolute Gasteiger partial charge is 0.345 e. The van der Waals surface area contributed by atoms with Gasteiger partial charge in [-0.3, -0.25) is 4.57 Å². The number of aryl methyl sites for hydroxylation is 2. The average molecular weight is 265 g/mol. The van der Waals surface area contributed by atoms with Crippen molar-refractivity contribution in [2.45, 2.75) is 20.3 Å². The molecule has 20 heavy (non-hydrogen) atoms. The first-order valence-corrected chi connectivity index (χ1v) is 6.97. The topological polar surface area (TPSA) is 22.8 Å². The Morgan fingerprint density at radius 1 is 1.05 bits per heavy atom. The molecular weight excluding hydrogens is 246 g/mol. The summed E-state index contributed by atoms with van der Waals surface area (Å²) in [7, 11) is 2.08. The molecular formula is C17H19N3. The van der Waals surface area contributed by atoms with Gasteiger partial charge in [0.15, 0.2) is 5.82 Å². The SMILES string of the molecule is CCc1cnc(-c2ccc(C)n2C)n1-c1ccccc1. The minimum absolute atomic E-state index is 0.964. The lowest BCUT2D eigenvalue weighted by atomic mass is 10.2. The monoisotopic (exact) mass is 265 g/mol. The van der Waals surface area contributed by atoms with Crippen LogP contribution in [0.15, 0.2) is 48.7 Å². The molecule has 0 aliphatic heterocycles. The van der Waals surface area contributed by atoms with Crippen molar-refractivity contribution in [2.75, 3.05) is 0 Å². The van der Waals surface area contributed by atoms with Crippen LogP contribution in [0.2, 0.25) is 0 Å². The van der Waals surface area contributed by atoms with E-state index in [9.17, 15) is 0 Å². The Labute approximate surface area is 119 Å². The smallest absolute Gasteiger partial charge is 0.161 e. The summed E-state index contributed by atoms with van der Waals surface area (Å²) >= 11 is 0. The van der Waals surface area contributed by atoms with Gasteiger partial charge in [-0.05, 0) is 37.6 Å². The van der Waals surface area contributed by atoms with E-state index in [0.717, 1.165) is 23.6 Å². The third kappa shape index (κ3) is 1.95.